The van der Waals surface area contributed by atoms with Crippen LogP contribution in [0.3, 0.4) is 0 Å². The molecule has 1 spiro atoms. The van der Waals surface area contributed by atoms with Gasteiger partial charge in [-0.2, -0.15) is 0 Å². The molecule has 0 bridgehead atoms. The minimum Gasteiger partial charge on any atom is -0.453 e. The minimum atomic E-state index is -1.29. The maximum atomic E-state index is 14.0. The Morgan fingerprint density at radius 1 is 0.793 bits per heavy atom. The number of aromatic amines is 2. The van der Waals surface area contributed by atoms with Gasteiger partial charge in [0.2, 0.25) is 18.2 Å². The van der Waals surface area contributed by atoms with Gasteiger partial charge in [0.15, 0.2) is 5.79 Å². The van der Waals surface area contributed by atoms with E-state index in [-0.39, 0.29) is 36.2 Å². The van der Waals surface area contributed by atoms with Crippen molar-refractivity contribution in [2.24, 2.45) is 11.8 Å². The maximum Gasteiger partial charge on any atom is 0.407 e. The van der Waals surface area contributed by atoms with Crippen LogP contribution < -0.4 is 10.6 Å². The van der Waals surface area contributed by atoms with Crippen molar-refractivity contribution < 1.29 is 38.4 Å². The van der Waals surface area contributed by atoms with Gasteiger partial charge in [-0.05, 0) is 46.9 Å². The Balaban J connectivity index is 1.03. The SMILES string of the molecule is COC(=O)N[C@H](C(=O)N1CCC[C@H]1c1ncc(-c2ccc(-c3ccc(-c4cnc([C@@H]5CC6(CN5C(=O)[C@@H](NC(O)OC)C(C)C)OCCO6)[nH]4)cc3)cc2)[nH]1)C(C)C. The molecule has 0 saturated carbocycles. The van der Waals surface area contributed by atoms with E-state index in [0.29, 0.717) is 37.8 Å². The molecule has 16 heteroatoms. The molecule has 16 nitrogen and oxygen atoms in total. The van der Waals surface area contributed by atoms with E-state index in [4.69, 9.17) is 23.9 Å². The van der Waals surface area contributed by atoms with Gasteiger partial charge in [0, 0.05) is 20.1 Å². The topological polar surface area (TPSA) is 196 Å². The first-order chi connectivity index (χ1) is 27.9. The maximum absolute atomic E-state index is 14.0. The third kappa shape index (κ3) is 8.52. The fourth-order valence-corrected chi connectivity index (χ4v) is 8.15. The number of amides is 3. The predicted molar refractivity (Wildman–Crippen MR) is 213 cm³/mol. The van der Waals surface area contributed by atoms with Crippen molar-refractivity contribution in [3.05, 3.63) is 72.6 Å². The largest absolute Gasteiger partial charge is 0.453 e. The summed E-state index contributed by atoms with van der Waals surface area (Å²) >= 11 is 0. The lowest BCUT2D eigenvalue weighted by Crippen LogP contribution is -2.53. The molecule has 2 aromatic carbocycles. The number of aromatic nitrogens is 4. The Morgan fingerprint density at radius 2 is 1.31 bits per heavy atom. The lowest BCUT2D eigenvalue weighted by molar-refractivity contribution is -0.157. The highest BCUT2D eigenvalue weighted by molar-refractivity contribution is 5.86. The minimum absolute atomic E-state index is 0.110. The molecule has 4 aromatic rings. The standard InChI is InChI=1S/C42H54N8O8/c1-24(2)34(47-40(53)55-5)38(51)49-17-7-8-32(49)36-43-21-30(45-36)28-13-9-26(10-14-28)27-11-15-29(16-12-27)31-22-44-37(46-31)33-20-42(57-18-19-58-42)23-50(33)39(52)35(25(3)4)48-41(54)56-6/h9-16,21-22,24-25,32-35,41,48,54H,7-8,17-20,23H2,1-6H3,(H,43,45)(H,44,46)(H,47,53)/t32-,33-,34-,35-,41?/m0/s1. The summed E-state index contributed by atoms with van der Waals surface area (Å²) < 4.78 is 21.8. The van der Waals surface area contributed by atoms with Crippen LogP contribution in [0.4, 0.5) is 4.79 Å². The van der Waals surface area contributed by atoms with Gasteiger partial charge in [0.25, 0.3) is 0 Å². The first-order valence-corrected chi connectivity index (χ1v) is 19.9. The van der Waals surface area contributed by atoms with Crippen molar-refractivity contribution in [1.29, 1.82) is 0 Å². The number of alkyl carbamates (subject to hydrolysis) is 1. The summed E-state index contributed by atoms with van der Waals surface area (Å²) in [5, 5.41) is 15.7. The molecule has 3 saturated heterocycles. The summed E-state index contributed by atoms with van der Waals surface area (Å²) in [6, 6.07) is 14.4. The molecule has 2 aromatic heterocycles. The smallest absolute Gasteiger partial charge is 0.407 e. The van der Waals surface area contributed by atoms with Crippen LogP contribution in [0, 0.1) is 11.8 Å². The van der Waals surface area contributed by atoms with Crippen molar-refractivity contribution >= 4 is 17.9 Å². The second kappa shape index (κ2) is 17.4. The van der Waals surface area contributed by atoms with Crippen LogP contribution in [0.2, 0.25) is 0 Å². The van der Waals surface area contributed by atoms with Gasteiger partial charge >= 0.3 is 6.09 Å². The average molecular weight is 799 g/mol. The monoisotopic (exact) mass is 798 g/mol. The highest BCUT2D eigenvalue weighted by atomic mass is 16.7. The predicted octanol–water partition coefficient (Wildman–Crippen LogP) is 4.73. The summed E-state index contributed by atoms with van der Waals surface area (Å²) in [4.78, 5) is 59.3. The zero-order valence-electron chi connectivity index (χ0n) is 33.9. The van der Waals surface area contributed by atoms with Crippen LogP contribution in [0.25, 0.3) is 33.6 Å². The van der Waals surface area contributed by atoms with Gasteiger partial charge in [-0.15, -0.1) is 0 Å². The van der Waals surface area contributed by atoms with Gasteiger partial charge in [0.05, 0.1) is 68.8 Å². The van der Waals surface area contributed by atoms with E-state index in [1.54, 1.807) is 22.2 Å². The summed E-state index contributed by atoms with van der Waals surface area (Å²) in [6.07, 6.45) is 3.69. The lowest BCUT2D eigenvalue weighted by Gasteiger charge is -2.31. The second-order valence-corrected chi connectivity index (χ2v) is 15.8. The fraction of sp³-hybridized carbons (Fsp3) is 0.500. The Labute approximate surface area is 338 Å². The van der Waals surface area contributed by atoms with Crippen LogP contribution in [0.1, 0.15) is 70.7 Å². The van der Waals surface area contributed by atoms with E-state index in [9.17, 15) is 19.5 Å². The third-order valence-electron chi connectivity index (χ3n) is 11.3. The molecular formula is C42H54N8O8. The molecular weight excluding hydrogens is 745 g/mol. The molecule has 310 valence electrons. The molecule has 58 heavy (non-hydrogen) atoms. The Bertz CT molecular complexity index is 2040. The van der Waals surface area contributed by atoms with Crippen molar-refractivity contribution in [1.82, 2.24) is 40.4 Å². The number of H-pyrrole nitrogens is 2. The third-order valence-corrected chi connectivity index (χ3v) is 11.3. The zero-order chi connectivity index (χ0) is 41.1. The van der Waals surface area contributed by atoms with Gasteiger partial charge in [-0.1, -0.05) is 76.2 Å². The number of ether oxygens (including phenoxy) is 4. The van der Waals surface area contributed by atoms with Crippen LogP contribution in [-0.4, -0.2) is 118 Å². The van der Waals surface area contributed by atoms with Gasteiger partial charge in [-0.25, -0.2) is 14.8 Å². The van der Waals surface area contributed by atoms with Crippen molar-refractivity contribution in [2.45, 2.75) is 83.3 Å². The number of nitrogens with zero attached hydrogens (tertiary/aromatic N) is 4. The first kappa shape index (κ1) is 41.0. The number of likely N-dealkylation sites (tertiary alicyclic amines) is 2. The number of aliphatic hydroxyl groups is 1. The van der Waals surface area contributed by atoms with Crippen molar-refractivity contribution in [2.75, 3.05) is 40.5 Å². The molecule has 5 atom stereocenters. The zero-order valence-corrected chi connectivity index (χ0v) is 33.9. The molecule has 3 amide bonds. The van der Waals surface area contributed by atoms with Crippen LogP contribution in [-0.2, 0) is 28.5 Å². The number of benzene rings is 2. The molecule has 3 fully saturated rings. The normalized spacial score (nSPS) is 20.6. The van der Waals surface area contributed by atoms with Crippen LogP contribution in [0.5, 0.6) is 0 Å². The van der Waals surface area contributed by atoms with Crippen molar-refractivity contribution in [3.8, 4) is 33.6 Å². The van der Waals surface area contributed by atoms with Crippen LogP contribution in [0.15, 0.2) is 60.9 Å². The van der Waals surface area contributed by atoms with E-state index in [1.807, 2.05) is 52.0 Å². The average Bonchev–Trinajstić information content (AvgIpc) is 4.09. The summed E-state index contributed by atoms with van der Waals surface area (Å²) in [5.74, 6) is -0.159. The quantitative estimate of drug-likeness (QED) is 0.117. The molecule has 5 heterocycles. The number of hydrogen-bond acceptors (Lipinski definition) is 11. The molecule has 3 aliphatic heterocycles. The number of carbonyl (C=O) groups excluding carboxylic acids is 3. The first-order valence-electron chi connectivity index (χ1n) is 19.9. The van der Waals surface area contributed by atoms with E-state index >= 15 is 0 Å². The van der Waals surface area contributed by atoms with Crippen molar-refractivity contribution in [3.63, 3.8) is 0 Å². The van der Waals surface area contributed by atoms with Crippen LogP contribution >= 0.6 is 0 Å². The van der Waals surface area contributed by atoms with E-state index in [1.165, 1.54) is 14.2 Å². The lowest BCUT2D eigenvalue weighted by atomic mass is 10.0. The summed E-state index contributed by atoms with van der Waals surface area (Å²) in [7, 11) is 2.66. The highest BCUT2D eigenvalue weighted by Crippen LogP contribution is 2.43. The highest BCUT2D eigenvalue weighted by Gasteiger charge is 2.52. The molecule has 3 aliphatic rings. The Kier molecular flexibility index (Phi) is 12.3. The number of imidazole rings is 2. The molecule has 7 rings (SSSR count). The van der Waals surface area contributed by atoms with Gasteiger partial charge in [0.1, 0.15) is 17.7 Å². The molecule has 5 N–H and O–H groups in total. The summed E-state index contributed by atoms with van der Waals surface area (Å²) in [5.41, 5.74) is 5.64. The number of hydrogen-bond donors (Lipinski definition) is 5. The van der Waals surface area contributed by atoms with Gasteiger partial charge < -0.3 is 49.1 Å². The molecule has 0 aliphatic carbocycles. The van der Waals surface area contributed by atoms with E-state index in [0.717, 1.165) is 46.5 Å². The second-order valence-electron chi connectivity index (χ2n) is 15.8. The number of rotatable bonds is 13. The number of carbonyl (C=O) groups is 3. The number of nitrogens with one attached hydrogen (secondary N) is 4. The number of aliphatic hydroxyl groups excluding tert-OH is 1. The summed E-state index contributed by atoms with van der Waals surface area (Å²) in [6.45, 7) is 9.35. The molecule has 1 unspecified atom stereocenters. The fourth-order valence-electron chi connectivity index (χ4n) is 8.15. The number of methoxy groups -OCH3 is 2. The van der Waals surface area contributed by atoms with E-state index < -0.39 is 36.4 Å². The Hall–Kier alpha value is -5.13. The van der Waals surface area contributed by atoms with Gasteiger partial charge in [-0.3, -0.25) is 14.9 Å². The van der Waals surface area contributed by atoms with E-state index in [2.05, 4.69) is 49.9 Å². The molecule has 0 radical (unpaired) electrons. The Morgan fingerprint density at radius 3 is 1.83 bits per heavy atom.